The summed E-state index contributed by atoms with van der Waals surface area (Å²) < 4.78 is 0. The van der Waals surface area contributed by atoms with Gasteiger partial charge in [0.15, 0.2) is 0 Å². The van der Waals surface area contributed by atoms with E-state index in [0.29, 0.717) is 6.42 Å². The third-order valence-electron chi connectivity index (χ3n) is 1.64. The molecule has 0 radical (unpaired) electrons. The SMILES string of the molecule is C/C=C/CC/C=C/C=C/CCC(=O)O. The van der Waals surface area contributed by atoms with Crippen LogP contribution >= 0.6 is 0 Å². The number of allylic oxidation sites excluding steroid dienone is 6. The quantitative estimate of drug-likeness (QED) is 0.383. The predicted molar refractivity (Wildman–Crippen MR) is 59.2 cm³/mol. The standard InChI is InChI=1S/C12H18O2/c1-2-3-4-5-6-7-8-9-10-11-12(13)14/h2-3,6-9H,4-5,10-11H2,1H3,(H,13,14)/b3-2+,7-6+,9-8+. The summed E-state index contributed by atoms with van der Waals surface area (Å²) in [6.45, 7) is 2.01. The van der Waals surface area contributed by atoms with Crippen molar-refractivity contribution in [1.82, 2.24) is 0 Å². The van der Waals surface area contributed by atoms with E-state index < -0.39 is 5.97 Å². The van der Waals surface area contributed by atoms with Gasteiger partial charge >= 0.3 is 5.97 Å². The Balaban J connectivity index is 3.36. The molecule has 78 valence electrons. The monoisotopic (exact) mass is 194 g/mol. The fourth-order valence-corrected chi connectivity index (χ4v) is 0.916. The van der Waals surface area contributed by atoms with Crippen molar-refractivity contribution in [2.24, 2.45) is 0 Å². The lowest BCUT2D eigenvalue weighted by atomic mass is 10.2. The van der Waals surface area contributed by atoms with Crippen molar-refractivity contribution in [1.29, 1.82) is 0 Å². The third kappa shape index (κ3) is 10.7. The minimum absolute atomic E-state index is 0.211. The maximum absolute atomic E-state index is 10.1. The summed E-state index contributed by atoms with van der Waals surface area (Å²) in [4.78, 5) is 10.1. The highest BCUT2D eigenvalue weighted by Gasteiger charge is 1.90. The summed E-state index contributed by atoms with van der Waals surface area (Å²) in [5, 5.41) is 8.35. The van der Waals surface area contributed by atoms with Gasteiger partial charge in [0, 0.05) is 6.42 Å². The Kier molecular flexibility index (Phi) is 8.86. The number of hydrogen-bond donors (Lipinski definition) is 1. The zero-order valence-corrected chi connectivity index (χ0v) is 8.65. The van der Waals surface area contributed by atoms with Crippen molar-refractivity contribution in [3.63, 3.8) is 0 Å². The van der Waals surface area contributed by atoms with Gasteiger partial charge < -0.3 is 5.11 Å². The molecule has 2 heteroatoms. The zero-order chi connectivity index (χ0) is 10.6. The van der Waals surface area contributed by atoms with Gasteiger partial charge in [-0.2, -0.15) is 0 Å². The van der Waals surface area contributed by atoms with Gasteiger partial charge in [-0.25, -0.2) is 0 Å². The third-order valence-corrected chi connectivity index (χ3v) is 1.64. The molecule has 0 heterocycles. The van der Waals surface area contributed by atoms with Crippen LogP contribution in [0.1, 0.15) is 32.6 Å². The van der Waals surface area contributed by atoms with Crippen LogP contribution in [0.25, 0.3) is 0 Å². The molecular weight excluding hydrogens is 176 g/mol. The summed E-state index contributed by atoms with van der Waals surface area (Å²) in [5.41, 5.74) is 0. The van der Waals surface area contributed by atoms with Gasteiger partial charge in [-0.05, 0) is 26.2 Å². The van der Waals surface area contributed by atoms with E-state index in [1.807, 2.05) is 31.2 Å². The second kappa shape index (κ2) is 9.78. The van der Waals surface area contributed by atoms with Crippen LogP contribution in [0.5, 0.6) is 0 Å². The Morgan fingerprint density at radius 2 is 1.64 bits per heavy atom. The molecule has 14 heavy (non-hydrogen) atoms. The highest BCUT2D eigenvalue weighted by atomic mass is 16.4. The second-order valence-corrected chi connectivity index (χ2v) is 2.94. The Morgan fingerprint density at radius 3 is 2.21 bits per heavy atom. The van der Waals surface area contributed by atoms with Crippen LogP contribution in [0.15, 0.2) is 36.5 Å². The van der Waals surface area contributed by atoms with Crippen molar-refractivity contribution in [2.45, 2.75) is 32.6 Å². The van der Waals surface area contributed by atoms with E-state index in [4.69, 9.17) is 5.11 Å². The Morgan fingerprint density at radius 1 is 1.07 bits per heavy atom. The molecule has 0 aliphatic carbocycles. The molecule has 0 spiro atoms. The maximum Gasteiger partial charge on any atom is 0.303 e. The van der Waals surface area contributed by atoms with Crippen LogP contribution in [-0.4, -0.2) is 11.1 Å². The summed E-state index contributed by atoms with van der Waals surface area (Å²) in [6, 6.07) is 0. The fraction of sp³-hybridized carbons (Fsp3) is 0.417. The van der Waals surface area contributed by atoms with Gasteiger partial charge in [-0.1, -0.05) is 36.5 Å². The van der Waals surface area contributed by atoms with Crippen LogP contribution in [0.4, 0.5) is 0 Å². The normalized spacial score (nSPS) is 12.1. The first-order chi connectivity index (χ1) is 6.77. The summed E-state index contributed by atoms with van der Waals surface area (Å²) in [6.07, 6.45) is 14.9. The lowest BCUT2D eigenvalue weighted by Gasteiger charge is -1.86. The van der Waals surface area contributed by atoms with E-state index in [1.165, 1.54) is 0 Å². The van der Waals surface area contributed by atoms with Gasteiger partial charge in [-0.3, -0.25) is 4.79 Å². The molecule has 0 saturated carbocycles. The molecule has 0 amide bonds. The predicted octanol–water partition coefficient (Wildman–Crippen LogP) is 3.32. The van der Waals surface area contributed by atoms with Crippen LogP contribution in [0.2, 0.25) is 0 Å². The average Bonchev–Trinajstić information content (AvgIpc) is 2.15. The van der Waals surface area contributed by atoms with E-state index in [9.17, 15) is 4.79 Å². The molecule has 0 bridgehead atoms. The average molecular weight is 194 g/mol. The number of carboxylic acid groups (broad SMARTS) is 1. The number of carbonyl (C=O) groups is 1. The van der Waals surface area contributed by atoms with E-state index in [2.05, 4.69) is 12.2 Å². The van der Waals surface area contributed by atoms with Crippen LogP contribution in [0.3, 0.4) is 0 Å². The smallest absolute Gasteiger partial charge is 0.303 e. The molecule has 0 unspecified atom stereocenters. The molecule has 0 aliphatic rings. The van der Waals surface area contributed by atoms with Crippen molar-refractivity contribution < 1.29 is 9.90 Å². The number of hydrogen-bond acceptors (Lipinski definition) is 1. The number of rotatable bonds is 7. The molecule has 0 aromatic heterocycles. The molecule has 0 aliphatic heterocycles. The highest BCUT2D eigenvalue weighted by Crippen LogP contribution is 1.94. The minimum Gasteiger partial charge on any atom is -0.481 e. The summed E-state index contributed by atoms with van der Waals surface area (Å²) in [5.74, 6) is -0.744. The molecule has 0 aromatic rings. The largest absolute Gasteiger partial charge is 0.481 e. The Bertz CT molecular complexity index is 224. The lowest BCUT2D eigenvalue weighted by molar-refractivity contribution is -0.136. The van der Waals surface area contributed by atoms with Crippen LogP contribution in [-0.2, 0) is 4.79 Å². The Hall–Kier alpha value is -1.31. The highest BCUT2D eigenvalue weighted by molar-refractivity contribution is 5.66. The van der Waals surface area contributed by atoms with E-state index in [1.54, 1.807) is 0 Å². The lowest BCUT2D eigenvalue weighted by Crippen LogP contribution is -1.91. The number of unbranched alkanes of at least 4 members (excludes halogenated alkanes) is 1. The van der Waals surface area contributed by atoms with E-state index >= 15 is 0 Å². The Labute approximate surface area is 85.6 Å². The first kappa shape index (κ1) is 12.7. The van der Waals surface area contributed by atoms with Crippen molar-refractivity contribution >= 4 is 5.97 Å². The van der Waals surface area contributed by atoms with Crippen molar-refractivity contribution in [3.8, 4) is 0 Å². The van der Waals surface area contributed by atoms with Crippen molar-refractivity contribution in [3.05, 3.63) is 36.5 Å². The molecule has 0 saturated heterocycles. The van der Waals surface area contributed by atoms with E-state index in [-0.39, 0.29) is 6.42 Å². The van der Waals surface area contributed by atoms with Gasteiger partial charge in [0.05, 0.1) is 0 Å². The first-order valence-corrected chi connectivity index (χ1v) is 4.92. The molecule has 0 fully saturated rings. The van der Waals surface area contributed by atoms with Gasteiger partial charge in [-0.15, -0.1) is 0 Å². The minimum atomic E-state index is -0.744. The van der Waals surface area contributed by atoms with Gasteiger partial charge in [0.1, 0.15) is 0 Å². The van der Waals surface area contributed by atoms with Crippen LogP contribution < -0.4 is 0 Å². The maximum atomic E-state index is 10.1. The topological polar surface area (TPSA) is 37.3 Å². The van der Waals surface area contributed by atoms with Crippen LogP contribution in [0, 0.1) is 0 Å². The molecule has 0 rings (SSSR count). The zero-order valence-electron chi connectivity index (χ0n) is 8.65. The van der Waals surface area contributed by atoms with Gasteiger partial charge in [0.2, 0.25) is 0 Å². The number of carboxylic acids is 1. The molecule has 1 N–H and O–H groups in total. The van der Waals surface area contributed by atoms with Gasteiger partial charge in [0.25, 0.3) is 0 Å². The number of aliphatic carboxylic acids is 1. The molecule has 0 atom stereocenters. The molecular formula is C12H18O2. The fourth-order valence-electron chi connectivity index (χ4n) is 0.916. The van der Waals surface area contributed by atoms with E-state index in [0.717, 1.165) is 12.8 Å². The summed E-state index contributed by atoms with van der Waals surface area (Å²) >= 11 is 0. The molecule has 0 aromatic carbocycles. The first-order valence-electron chi connectivity index (χ1n) is 4.92. The summed E-state index contributed by atoms with van der Waals surface area (Å²) in [7, 11) is 0. The molecule has 2 nitrogen and oxygen atoms in total. The second-order valence-electron chi connectivity index (χ2n) is 2.94. The van der Waals surface area contributed by atoms with Crippen molar-refractivity contribution in [2.75, 3.05) is 0 Å².